The Balaban J connectivity index is 1.27. The maximum absolute atomic E-state index is 13.1. The SMILES string of the molecule is COc1ccc(CCCC(=O)Nc2cccc3cc(C(=O)Nc4ccc(Cl)cc4-c4noc(=O)[nH]4)[nH]c23)cc1. The number of ether oxygens (including phenoxy) is 1. The number of aromatic amines is 2. The molecule has 0 atom stereocenters. The van der Waals surface area contributed by atoms with Crippen LogP contribution in [-0.2, 0) is 11.2 Å². The lowest BCUT2D eigenvalue weighted by Crippen LogP contribution is -2.13. The molecule has 198 valence electrons. The lowest BCUT2D eigenvalue weighted by Gasteiger charge is -2.09. The number of amides is 2. The Hall–Kier alpha value is -4.83. The van der Waals surface area contributed by atoms with Gasteiger partial charge in [0.1, 0.15) is 11.4 Å². The van der Waals surface area contributed by atoms with Crippen molar-refractivity contribution in [3.8, 4) is 17.1 Å². The van der Waals surface area contributed by atoms with Crippen molar-refractivity contribution in [3.05, 3.63) is 93.6 Å². The quantitative estimate of drug-likeness (QED) is 0.196. The summed E-state index contributed by atoms with van der Waals surface area (Å²) in [6, 6.07) is 19.7. The van der Waals surface area contributed by atoms with Crippen LogP contribution in [0.5, 0.6) is 5.75 Å². The molecule has 0 aliphatic heterocycles. The van der Waals surface area contributed by atoms with E-state index in [0.29, 0.717) is 40.3 Å². The van der Waals surface area contributed by atoms with Gasteiger partial charge in [-0.1, -0.05) is 41.0 Å². The number of rotatable bonds is 9. The number of hydrogen-bond acceptors (Lipinski definition) is 6. The molecule has 0 unspecified atom stereocenters. The zero-order chi connectivity index (χ0) is 27.4. The second kappa shape index (κ2) is 11.3. The van der Waals surface area contributed by atoms with Crippen LogP contribution in [0, 0.1) is 0 Å². The lowest BCUT2D eigenvalue weighted by molar-refractivity contribution is -0.116. The first-order valence-corrected chi connectivity index (χ1v) is 12.5. The van der Waals surface area contributed by atoms with Crippen LogP contribution >= 0.6 is 11.6 Å². The molecule has 3 aromatic carbocycles. The fraction of sp³-hybridized carbons (Fsp3) is 0.143. The van der Waals surface area contributed by atoms with Crippen molar-refractivity contribution in [3.63, 3.8) is 0 Å². The van der Waals surface area contributed by atoms with Gasteiger partial charge in [-0.15, -0.1) is 0 Å². The molecular weight excluding hydrogens is 522 g/mol. The number of fused-ring (bicyclic) bond motifs is 1. The van der Waals surface area contributed by atoms with Crippen LogP contribution in [0.4, 0.5) is 11.4 Å². The number of halogens is 1. The molecule has 2 amide bonds. The summed E-state index contributed by atoms with van der Waals surface area (Å²) in [5, 5.41) is 10.6. The minimum atomic E-state index is -0.729. The zero-order valence-electron chi connectivity index (χ0n) is 20.8. The molecule has 2 heterocycles. The van der Waals surface area contributed by atoms with Gasteiger partial charge in [0.2, 0.25) is 5.91 Å². The Labute approximate surface area is 227 Å². The standard InChI is InChI=1S/C28H24ClN5O5/c1-38-19-11-8-16(9-12-19)4-2-7-24(35)30-22-6-3-5-17-14-23(31-25(17)22)27(36)32-21-13-10-18(29)15-20(21)26-33-28(37)39-34-26/h3,5-6,8-15,31H,2,4,7H2,1H3,(H,30,35)(H,32,36)(H,33,34,37). The van der Waals surface area contributed by atoms with Gasteiger partial charge in [0.15, 0.2) is 5.82 Å². The van der Waals surface area contributed by atoms with Gasteiger partial charge >= 0.3 is 5.76 Å². The molecule has 0 bridgehead atoms. The van der Waals surface area contributed by atoms with Gasteiger partial charge in [-0.2, -0.15) is 0 Å². The lowest BCUT2D eigenvalue weighted by atomic mass is 10.1. The third-order valence-electron chi connectivity index (χ3n) is 6.13. The summed E-state index contributed by atoms with van der Waals surface area (Å²) in [6.07, 6.45) is 1.80. The number of carbonyl (C=O) groups is 2. The fourth-order valence-corrected chi connectivity index (χ4v) is 4.37. The van der Waals surface area contributed by atoms with Crippen LogP contribution in [0.25, 0.3) is 22.3 Å². The minimum absolute atomic E-state index is 0.121. The number of para-hydroxylation sites is 1. The summed E-state index contributed by atoms with van der Waals surface area (Å²) in [5.41, 5.74) is 3.38. The normalized spacial score (nSPS) is 10.9. The van der Waals surface area contributed by atoms with Crippen LogP contribution in [0.1, 0.15) is 28.9 Å². The van der Waals surface area contributed by atoms with Gasteiger partial charge in [-0.25, -0.2) is 4.79 Å². The van der Waals surface area contributed by atoms with E-state index < -0.39 is 11.7 Å². The Morgan fingerprint density at radius 1 is 1.00 bits per heavy atom. The number of benzene rings is 3. The molecule has 10 nitrogen and oxygen atoms in total. The highest BCUT2D eigenvalue weighted by atomic mass is 35.5. The van der Waals surface area contributed by atoms with Crippen LogP contribution < -0.4 is 21.1 Å². The predicted molar refractivity (Wildman–Crippen MR) is 148 cm³/mol. The highest BCUT2D eigenvalue weighted by Crippen LogP contribution is 2.29. The number of anilines is 2. The molecule has 0 saturated heterocycles. The number of hydrogen-bond donors (Lipinski definition) is 4. The molecule has 0 radical (unpaired) electrons. The third kappa shape index (κ3) is 6.02. The maximum atomic E-state index is 13.1. The second-order valence-corrected chi connectivity index (χ2v) is 9.23. The Bertz CT molecular complexity index is 1700. The van der Waals surface area contributed by atoms with E-state index in [4.69, 9.17) is 16.3 Å². The highest BCUT2D eigenvalue weighted by Gasteiger charge is 2.17. The van der Waals surface area contributed by atoms with E-state index in [2.05, 4.69) is 30.3 Å². The van der Waals surface area contributed by atoms with E-state index in [1.807, 2.05) is 36.4 Å². The van der Waals surface area contributed by atoms with Crippen molar-refractivity contribution in [1.29, 1.82) is 0 Å². The number of aromatic nitrogens is 3. The Morgan fingerprint density at radius 2 is 1.82 bits per heavy atom. The molecule has 5 rings (SSSR count). The number of H-pyrrole nitrogens is 2. The molecule has 39 heavy (non-hydrogen) atoms. The number of aryl methyl sites for hydroxylation is 1. The summed E-state index contributed by atoms with van der Waals surface area (Å²) in [4.78, 5) is 42.7. The van der Waals surface area contributed by atoms with Gasteiger partial charge in [0.25, 0.3) is 5.91 Å². The largest absolute Gasteiger partial charge is 0.497 e. The first kappa shape index (κ1) is 25.8. The Kier molecular flexibility index (Phi) is 7.46. The smallest absolute Gasteiger partial charge is 0.439 e. The van der Waals surface area contributed by atoms with Crippen LogP contribution in [-0.4, -0.2) is 34.0 Å². The second-order valence-electron chi connectivity index (χ2n) is 8.79. The summed E-state index contributed by atoms with van der Waals surface area (Å²) >= 11 is 6.11. The van der Waals surface area contributed by atoms with E-state index in [0.717, 1.165) is 23.1 Å². The van der Waals surface area contributed by atoms with Crippen molar-refractivity contribution in [2.75, 3.05) is 17.7 Å². The molecule has 0 fully saturated rings. The van der Waals surface area contributed by atoms with Gasteiger partial charge < -0.3 is 20.4 Å². The predicted octanol–water partition coefficient (Wildman–Crippen LogP) is 5.39. The molecular formula is C28H24ClN5O5. The molecule has 0 saturated carbocycles. The fourth-order valence-electron chi connectivity index (χ4n) is 4.20. The van der Waals surface area contributed by atoms with Crippen molar-refractivity contribution < 1.29 is 18.8 Å². The molecule has 0 spiro atoms. The number of methoxy groups -OCH3 is 1. The first-order valence-electron chi connectivity index (χ1n) is 12.1. The maximum Gasteiger partial charge on any atom is 0.439 e. The number of nitrogens with one attached hydrogen (secondary N) is 4. The molecule has 5 aromatic rings. The van der Waals surface area contributed by atoms with Gasteiger partial charge in [0, 0.05) is 22.4 Å². The van der Waals surface area contributed by atoms with Crippen molar-refractivity contribution >= 4 is 45.7 Å². The van der Waals surface area contributed by atoms with E-state index in [1.165, 1.54) is 0 Å². The monoisotopic (exact) mass is 545 g/mol. The zero-order valence-corrected chi connectivity index (χ0v) is 21.6. The molecule has 4 N–H and O–H groups in total. The van der Waals surface area contributed by atoms with E-state index in [-0.39, 0.29) is 17.4 Å². The van der Waals surface area contributed by atoms with E-state index >= 15 is 0 Å². The average molecular weight is 546 g/mol. The van der Waals surface area contributed by atoms with Crippen molar-refractivity contribution in [2.45, 2.75) is 19.3 Å². The van der Waals surface area contributed by atoms with Gasteiger partial charge in [-0.3, -0.25) is 19.1 Å². The summed E-state index contributed by atoms with van der Waals surface area (Å²) in [6.45, 7) is 0. The van der Waals surface area contributed by atoms with Gasteiger partial charge in [0.05, 0.1) is 24.0 Å². The molecule has 2 aromatic heterocycles. The summed E-state index contributed by atoms with van der Waals surface area (Å²) in [7, 11) is 1.62. The minimum Gasteiger partial charge on any atom is -0.497 e. The van der Waals surface area contributed by atoms with Gasteiger partial charge in [-0.05, 0) is 60.9 Å². The van der Waals surface area contributed by atoms with Crippen molar-refractivity contribution in [2.24, 2.45) is 0 Å². The summed E-state index contributed by atoms with van der Waals surface area (Å²) in [5.74, 6) is -0.357. The van der Waals surface area contributed by atoms with Crippen molar-refractivity contribution in [1.82, 2.24) is 15.1 Å². The highest BCUT2D eigenvalue weighted by molar-refractivity contribution is 6.31. The molecule has 0 aliphatic rings. The van der Waals surface area contributed by atoms with Crippen LogP contribution in [0.2, 0.25) is 5.02 Å². The number of nitrogens with zero attached hydrogens (tertiary/aromatic N) is 1. The molecule has 11 heteroatoms. The van der Waals surface area contributed by atoms with Crippen LogP contribution in [0.3, 0.4) is 0 Å². The Morgan fingerprint density at radius 3 is 2.56 bits per heavy atom. The topological polar surface area (TPSA) is 142 Å². The van der Waals surface area contributed by atoms with Crippen LogP contribution in [0.15, 0.2) is 76.0 Å². The molecule has 0 aliphatic carbocycles. The van der Waals surface area contributed by atoms with E-state index in [1.54, 1.807) is 37.4 Å². The van der Waals surface area contributed by atoms with E-state index in [9.17, 15) is 14.4 Å². The summed E-state index contributed by atoms with van der Waals surface area (Å²) < 4.78 is 9.76. The first-order chi connectivity index (χ1) is 18.9. The third-order valence-corrected chi connectivity index (χ3v) is 6.36. The number of carbonyl (C=O) groups excluding carboxylic acids is 2. The average Bonchev–Trinajstić information content (AvgIpc) is 3.57.